The molecule has 3 heterocycles. The zero-order chi connectivity index (χ0) is 17.1. The van der Waals surface area contributed by atoms with E-state index in [9.17, 15) is 0 Å². The summed E-state index contributed by atoms with van der Waals surface area (Å²) in [6, 6.07) is 9.66. The molecular weight excluding hydrogens is 374 g/mol. The fraction of sp³-hybridized carbons (Fsp3) is 0.118. The lowest BCUT2D eigenvalue weighted by Crippen LogP contribution is -1.87. The molecule has 0 amide bonds. The SMILES string of the molecule is COc1ccccc1-c1nnc(SCc2csc(-c3ccsc3)n2)o1. The van der Waals surface area contributed by atoms with Crippen LogP contribution in [0.3, 0.4) is 0 Å². The van der Waals surface area contributed by atoms with E-state index >= 15 is 0 Å². The third-order valence-electron chi connectivity index (χ3n) is 3.41. The van der Waals surface area contributed by atoms with E-state index in [-0.39, 0.29) is 0 Å². The highest BCUT2D eigenvalue weighted by molar-refractivity contribution is 7.98. The Morgan fingerprint density at radius 2 is 2.08 bits per heavy atom. The lowest BCUT2D eigenvalue weighted by atomic mass is 10.2. The average Bonchev–Trinajstić information content (AvgIpc) is 3.40. The van der Waals surface area contributed by atoms with Crippen molar-refractivity contribution in [3.05, 3.63) is 52.2 Å². The van der Waals surface area contributed by atoms with Crippen LogP contribution in [-0.2, 0) is 5.75 Å². The van der Waals surface area contributed by atoms with Gasteiger partial charge in [0.2, 0.25) is 0 Å². The molecule has 0 N–H and O–H groups in total. The number of thiazole rings is 1. The summed E-state index contributed by atoms with van der Waals surface area (Å²) in [6.45, 7) is 0. The lowest BCUT2D eigenvalue weighted by molar-refractivity contribution is 0.411. The van der Waals surface area contributed by atoms with E-state index in [1.807, 2.05) is 24.3 Å². The molecule has 0 radical (unpaired) electrons. The second-order valence-electron chi connectivity index (χ2n) is 5.02. The molecule has 0 atom stereocenters. The van der Waals surface area contributed by atoms with Crippen LogP contribution in [0.25, 0.3) is 22.0 Å². The third kappa shape index (κ3) is 3.60. The largest absolute Gasteiger partial charge is 0.496 e. The summed E-state index contributed by atoms with van der Waals surface area (Å²) < 4.78 is 11.1. The van der Waals surface area contributed by atoms with Crippen LogP contribution in [0.15, 0.2) is 56.1 Å². The Labute approximate surface area is 156 Å². The predicted molar refractivity (Wildman–Crippen MR) is 101 cm³/mol. The van der Waals surface area contributed by atoms with Crippen molar-refractivity contribution in [1.29, 1.82) is 0 Å². The summed E-state index contributed by atoms with van der Waals surface area (Å²) in [7, 11) is 1.62. The smallest absolute Gasteiger partial charge is 0.277 e. The molecule has 0 aliphatic carbocycles. The van der Waals surface area contributed by atoms with Crippen LogP contribution in [0.5, 0.6) is 5.75 Å². The summed E-state index contributed by atoms with van der Waals surface area (Å²) in [4.78, 5) is 4.65. The summed E-state index contributed by atoms with van der Waals surface area (Å²) >= 11 is 4.80. The van der Waals surface area contributed by atoms with E-state index in [2.05, 4.69) is 37.4 Å². The highest BCUT2D eigenvalue weighted by Gasteiger charge is 2.14. The Bertz CT molecular complexity index is 963. The molecule has 126 valence electrons. The second kappa shape index (κ2) is 7.38. The first-order chi connectivity index (χ1) is 12.3. The van der Waals surface area contributed by atoms with Gasteiger partial charge in [0.1, 0.15) is 10.8 Å². The van der Waals surface area contributed by atoms with Crippen molar-refractivity contribution < 1.29 is 9.15 Å². The van der Waals surface area contributed by atoms with Crippen molar-refractivity contribution in [2.24, 2.45) is 0 Å². The number of nitrogens with zero attached hydrogens (tertiary/aromatic N) is 3. The summed E-state index contributed by atoms with van der Waals surface area (Å²) in [5.74, 6) is 1.86. The topological polar surface area (TPSA) is 61.0 Å². The number of para-hydroxylation sites is 1. The standard InChI is InChI=1S/C17H13N3O2S3/c1-21-14-5-3-2-4-13(14)15-19-20-17(22-15)25-10-12-9-24-16(18-12)11-6-7-23-8-11/h2-9H,10H2,1H3. The fourth-order valence-corrected chi connectivity index (χ4v) is 4.52. The Kier molecular flexibility index (Phi) is 4.82. The van der Waals surface area contributed by atoms with E-state index < -0.39 is 0 Å². The van der Waals surface area contributed by atoms with Gasteiger partial charge in [0.05, 0.1) is 18.4 Å². The number of methoxy groups -OCH3 is 1. The molecule has 0 fully saturated rings. The Balaban J connectivity index is 1.45. The molecule has 25 heavy (non-hydrogen) atoms. The van der Waals surface area contributed by atoms with Gasteiger partial charge in [-0.3, -0.25) is 0 Å². The molecular formula is C17H13N3O2S3. The van der Waals surface area contributed by atoms with Crippen LogP contribution in [-0.4, -0.2) is 22.3 Å². The third-order valence-corrected chi connectivity index (χ3v) is 5.88. The monoisotopic (exact) mass is 387 g/mol. The van der Waals surface area contributed by atoms with Crippen LogP contribution in [0.2, 0.25) is 0 Å². The van der Waals surface area contributed by atoms with E-state index in [4.69, 9.17) is 9.15 Å². The van der Waals surface area contributed by atoms with Gasteiger partial charge in [-0.15, -0.1) is 21.5 Å². The van der Waals surface area contributed by atoms with Gasteiger partial charge in [-0.05, 0) is 23.6 Å². The van der Waals surface area contributed by atoms with E-state index in [1.165, 1.54) is 17.3 Å². The first-order valence-corrected chi connectivity index (χ1v) is 10.2. The van der Waals surface area contributed by atoms with Crippen molar-refractivity contribution in [3.63, 3.8) is 0 Å². The molecule has 0 unspecified atom stereocenters. The average molecular weight is 388 g/mol. The van der Waals surface area contributed by atoms with E-state index in [0.29, 0.717) is 22.6 Å². The quantitative estimate of drug-likeness (QED) is 0.423. The molecule has 0 saturated heterocycles. The molecule has 0 bridgehead atoms. The van der Waals surface area contributed by atoms with Gasteiger partial charge in [-0.2, -0.15) is 11.3 Å². The minimum absolute atomic E-state index is 0.456. The summed E-state index contributed by atoms with van der Waals surface area (Å²) in [5, 5.41) is 16.0. The summed E-state index contributed by atoms with van der Waals surface area (Å²) in [5.41, 5.74) is 2.97. The Hall–Kier alpha value is -2.16. The van der Waals surface area contributed by atoms with Gasteiger partial charge in [0.25, 0.3) is 11.1 Å². The van der Waals surface area contributed by atoms with Crippen LogP contribution in [0.4, 0.5) is 0 Å². The van der Waals surface area contributed by atoms with Crippen molar-refractivity contribution in [1.82, 2.24) is 15.2 Å². The normalized spacial score (nSPS) is 10.9. The van der Waals surface area contributed by atoms with E-state index in [0.717, 1.165) is 16.3 Å². The highest BCUT2D eigenvalue weighted by Crippen LogP contribution is 2.32. The van der Waals surface area contributed by atoms with Crippen molar-refractivity contribution >= 4 is 34.4 Å². The molecule has 0 aliphatic heterocycles. The maximum atomic E-state index is 5.75. The van der Waals surface area contributed by atoms with Gasteiger partial charge >= 0.3 is 0 Å². The number of benzene rings is 1. The van der Waals surface area contributed by atoms with Crippen molar-refractivity contribution in [3.8, 4) is 27.8 Å². The number of aromatic nitrogens is 3. The molecule has 3 aromatic heterocycles. The van der Waals surface area contributed by atoms with Crippen LogP contribution in [0, 0.1) is 0 Å². The molecule has 4 aromatic rings. The van der Waals surface area contributed by atoms with Gasteiger partial charge < -0.3 is 9.15 Å². The number of rotatable bonds is 6. The minimum Gasteiger partial charge on any atom is -0.496 e. The van der Waals surface area contributed by atoms with Gasteiger partial charge in [-0.1, -0.05) is 23.9 Å². The predicted octanol–water partition coefficient (Wildman–Crippen LogP) is 5.22. The molecule has 0 spiro atoms. The van der Waals surface area contributed by atoms with Gasteiger partial charge in [-0.25, -0.2) is 4.98 Å². The minimum atomic E-state index is 0.456. The van der Waals surface area contributed by atoms with Gasteiger partial charge in [0, 0.05) is 22.1 Å². The Morgan fingerprint density at radius 1 is 1.16 bits per heavy atom. The first kappa shape index (κ1) is 16.3. The van der Waals surface area contributed by atoms with E-state index in [1.54, 1.807) is 29.8 Å². The molecule has 0 aliphatic rings. The second-order valence-corrected chi connectivity index (χ2v) is 7.58. The summed E-state index contributed by atoms with van der Waals surface area (Å²) in [6.07, 6.45) is 0. The maximum absolute atomic E-state index is 5.75. The zero-order valence-electron chi connectivity index (χ0n) is 13.2. The highest BCUT2D eigenvalue weighted by atomic mass is 32.2. The van der Waals surface area contributed by atoms with Crippen molar-refractivity contribution in [2.45, 2.75) is 11.0 Å². The van der Waals surface area contributed by atoms with Gasteiger partial charge in [0.15, 0.2) is 0 Å². The fourth-order valence-electron chi connectivity index (χ4n) is 2.23. The zero-order valence-corrected chi connectivity index (χ0v) is 15.7. The van der Waals surface area contributed by atoms with Crippen LogP contribution < -0.4 is 4.74 Å². The number of hydrogen-bond donors (Lipinski definition) is 0. The number of thioether (sulfide) groups is 1. The van der Waals surface area contributed by atoms with Crippen LogP contribution >= 0.6 is 34.4 Å². The first-order valence-electron chi connectivity index (χ1n) is 7.40. The van der Waals surface area contributed by atoms with Crippen LogP contribution in [0.1, 0.15) is 5.69 Å². The van der Waals surface area contributed by atoms with Crippen molar-refractivity contribution in [2.75, 3.05) is 7.11 Å². The number of ether oxygens (including phenoxy) is 1. The maximum Gasteiger partial charge on any atom is 0.277 e. The lowest BCUT2D eigenvalue weighted by Gasteiger charge is -2.03. The number of thiophene rings is 1. The molecule has 1 aromatic carbocycles. The Morgan fingerprint density at radius 3 is 2.92 bits per heavy atom. The molecule has 0 saturated carbocycles. The molecule has 8 heteroatoms. The molecule has 5 nitrogen and oxygen atoms in total. The number of hydrogen-bond acceptors (Lipinski definition) is 8. The molecule has 4 rings (SSSR count).